The lowest BCUT2D eigenvalue weighted by Gasteiger charge is -2.33. The first-order chi connectivity index (χ1) is 11.1. The Balaban J connectivity index is 1.64. The predicted octanol–water partition coefficient (Wildman–Crippen LogP) is 4.71. The van der Waals surface area contributed by atoms with Gasteiger partial charge in [0.15, 0.2) is 0 Å². The summed E-state index contributed by atoms with van der Waals surface area (Å²) >= 11 is 9.27. The van der Waals surface area contributed by atoms with Crippen LogP contribution in [0.3, 0.4) is 0 Å². The van der Waals surface area contributed by atoms with Crippen LogP contribution in [0.4, 0.5) is 10.5 Å². The van der Waals surface area contributed by atoms with Crippen LogP contribution in [-0.2, 0) is 4.74 Å². The maximum absolute atomic E-state index is 12.4. The van der Waals surface area contributed by atoms with Crippen molar-refractivity contribution >= 4 is 39.2 Å². The molecule has 2 aromatic carbocycles. The minimum Gasteiger partial charge on any atom is -0.370 e. The van der Waals surface area contributed by atoms with Gasteiger partial charge in [-0.05, 0) is 42.0 Å². The lowest BCUT2D eigenvalue weighted by molar-refractivity contribution is -0.0135. The highest BCUT2D eigenvalue weighted by Crippen LogP contribution is 2.24. The number of ether oxygens (including phenoxy) is 1. The van der Waals surface area contributed by atoms with Crippen LogP contribution in [0, 0.1) is 0 Å². The maximum Gasteiger partial charge on any atom is 0.322 e. The van der Waals surface area contributed by atoms with Gasteiger partial charge in [-0.3, -0.25) is 0 Å². The summed E-state index contributed by atoms with van der Waals surface area (Å²) < 4.78 is 6.82. The minimum absolute atomic E-state index is 0.104. The molecule has 6 heteroatoms. The van der Waals surface area contributed by atoms with Gasteiger partial charge in [0.1, 0.15) is 6.10 Å². The predicted molar refractivity (Wildman–Crippen MR) is 94.9 cm³/mol. The van der Waals surface area contributed by atoms with E-state index in [0.717, 1.165) is 15.7 Å². The molecule has 1 fully saturated rings. The summed E-state index contributed by atoms with van der Waals surface area (Å²) in [6.45, 7) is 1.63. The number of nitrogens with one attached hydrogen (secondary N) is 1. The molecule has 0 aromatic heterocycles. The Morgan fingerprint density at radius 2 is 1.87 bits per heavy atom. The van der Waals surface area contributed by atoms with Crippen LogP contribution in [-0.4, -0.2) is 30.6 Å². The van der Waals surface area contributed by atoms with Crippen molar-refractivity contribution in [3.63, 3.8) is 0 Å². The molecular weight excluding hydrogens is 380 g/mol. The number of nitrogens with zero attached hydrogens (tertiary/aromatic N) is 1. The fourth-order valence-electron chi connectivity index (χ4n) is 2.45. The van der Waals surface area contributed by atoms with E-state index < -0.39 is 0 Å². The van der Waals surface area contributed by atoms with E-state index in [2.05, 4.69) is 21.2 Å². The third-order valence-corrected chi connectivity index (χ3v) is 4.47. The molecule has 1 N–H and O–H groups in total. The van der Waals surface area contributed by atoms with E-state index in [1.807, 2.05) is 24.3 Å². The molecule has 1 aliphatic rings. The zero-order valence-electron chi connectivity index (χ0n) is 12.3. The molecule has 1 atom stereocenters. The van der Waals surface area contributed by atoms with Crippen molar-refractivity contribution in [3.8, 4) is 0 Å². The average molecular weight is 396 g/mol. The van der Waals surface area contributed by atoms with Gasteiger partial charge in [0.2, 0.25) is 0 Å². The summed E-state index contributed by atoms with van der Waals surface area (Å²) in [7, 11) is 0. The molecule has 23 heavy (non-hydrogen) atoms. The molecule has 1 unspecified atom stereocenters. The van der Waals surface area contributed by atoms with E-state index in [1.165, 1.54) is 0 Å². The number of anilines is 1. The second kappa shape index (κ2) is 7.34. The Labute approximate surface area is 148 Å². The smallest absolute Gasteiger partial charge is 0.322 e. The van der Waals surface area contributed by atoms with E-state index in [1.54, 1.807) is 29.2 Å². The van der Waals surface area contributed by atoms with Crippen LogP contribution in [0.15, 0.2) is 53.0 Å². The quantitative estimate of drug-likeness (QED) is 0.800. The van der Waals surface area contributed by atoms with Crippen LogP contribution in [0.2, 0.25) is 5.02 Å². The van der Waals surface area contributed by atoms with E-state index in [-0.39, 0.29) is 12.1 Å². The Kier molecular flexibility index (Phi) is 5.20. The second-order valence-corrected chi connectivity index (χ2v) is 6.65. The van der Waals surface area contributed by atoms with Gasteiger partial charge in [0.05, 0.1) is 13.2 Å². The summed E-state index contributed by atoms with van der Waals surface area (Å²) in [5, 5.41) is 3.53. The van der Waals surface area contributed by atoms with E-state index >= 15 is 0 Å². The fraction of sp³-hybridized carbons (Fsp3) is 0.235. The van der Waals surface area contributed by atoms with E-state index in [0.29, 0.717) is 24.7 Å². The Morgan fingerprint density at radius 1 is 1.17 bits per heavy atom. The number of carbonyl (C=O) groups excluding carboxylic acids is 1. The zero-order valence-corrected chi connectivity index (χ0v) is 14.7. The summed E-state index contributed by atoms with van der Waals surface area (Å²) in [4.78, 5) is 14.2. The summed E-state index contributed by atoms with van der Waals surface area (Å²) in [5.74, 6) is 0. The van der Waals surface area contributed by atoms with Gasteiger partial charge < -0.3 is 15.0 Å². The Bertz CT molecular complexity index is 676. The van der Waals surface area contributed by atoms with Gasteiger partial charge in [0, 0.05) is 21.7 Å². The van der Waals surface area contributed by atoms with Gasteiger partial charge in [0.25, 0.3) is 0 Å². The number of rotatable bonds is 2. The summed E-state index contributed by atoms with van der Waals surface area (Å²) in [5.41, 5.74) is 1.79. The second-order valence-electron chi connectivity index (χ2n) is 5.29. The Hall–Kier alpha value is -1.56. The number of halogens is 2. The normalized spacial score (nSPS) is 17.8. The highest BCUT2D eigenvalue weighted by atomic mass is 79.9. The van der Waals surface area contributed by atoms with E-state index in [4.69, 9.17) is 16.3 Å². The highest BCUT2D eigenvalue weighted by molar-refractivity contribution is 9.10. The molecule has 0 bridgehead atoms. The lowest BCUT2D eigenvalue weighted by Crippen LogP contribution is -2.44. The van der Waals surface area contributed by atoms with Crippen LogP contribution in [0.1, 0.15) is 11.7 Å². The van der Waals surface area contributed by atoms with Crippen molar-refractivity contribution in [2.24, 2.45) is 0 Å². The van der Waals surface area contributed by atoms with Crippen molar-refractivity contribution in [2.45, 2.75) is 6.10 Å². The SMILES string of the molecule is O=C(Nc1ccc(Cl)cc1)N1CCOC(c2ccc(Br)cc2)C1. The standard InChI is InChI=1S/C17H16BrClN2O2/c18-13-3-1-12(2-4-13)16-11-21(9-10-23-16)17(22)20-15-7-5-14(19)6-8-15/h1-8,16H,9-11H2,(H,20,22). The number of benzene rings is 2. The van der Waals surface area contributed by atoms with Crippen LogP contribution in [0.25, 0.3) is 0 Å². The third-order valence-electron chi connectivity index (χ3n) is 3.69. The number of hydrogen-bond acceptors (Lipinski definition) is 2. The fourth-order valence-corrected chi connectivity index (χ4v) is 2.84. The molecule has 2 aromatic rings. The number of hydrogen-bond donors (Lipinski definition) is 1. The number of urea groups is 1. The van der Waals surface area contributed by atoms with E-state index in [9.17, 15) is 4.79 Å². The van der Waals surface area contributed by atoms with Crippen LogP contribution >= 0.6 is 27.5 Å². The van der Waals surface area contributed by atoms with Gasteiger partial charge in [-0.1, -0.05) is 39.7 Å². The zero-order chi connectivity index (χ0) is 16.2. The van der Waals surface area contributed by atoms with Crippen molar-refractivity contribution < 1.29 is 9.53 Å². The monoisotopic (exact) mass is 394 g/mol. The molecule has 3 rings (SSSR count). The molecular formula is C17H16BrClN2O2. The first kappa shape index (κ1) is 16.3. The van der Waals surface area contributed by atoms with Crippen molar-refractivity contribution in [3.05, 3.63) is 63.6 Å². The largest absolute Gasteiger partial charge is 0.370 e. The maximum atomic E-state index is 12.4. The molecule has 0 saturated carbocycles. The Morgan fingerprint density at radius 3 is 2.57 bits per heavy atom. The van der Waals surface area contributed by atoms with Crippen LogP contribution in [0.5, 0.6) is 0 Å². The molecule has 1 saturated heterocycles. The topological polar surface area (TPSA) is 41.6 Å². The highest BCUT2D eigenvalue weighted by Gasteiger charge is 2.25. The molecule has 0 aliphatic carbocycles. The van der Waals surface area contributed by atoms with Gasteiger partial charge in [-0.25, -0.2) is 4.79 Å². The molecule has 2 amide bonds. The summed E-state index contributed by atoms with van der Waals surface area (Å²) in [6, 6.07) is 14.9. The molecule has 1 aliphatic heterocycles. The van der Waals surface area contributed by atoms with Crippen LogP contribution < -0.4 is 5.32 Å². The van der Waals surface area contributed by atoms with Gasteiger partial charge >= 0.3 is 6.03 Å². The van der Waals surface area contributed by atoms with Gasteiger partial charge in [-0.15, -0.1) is 0 Å². The molecule has 120 valence electrons. The number of carbonyl (C=O) groups is 1. The first-order valence-electron chi connectivity index (χ1n) is 7.30. The number of morpholine rings is 1. The van der Waals surface area contributed by atoms with Crippen molar-refractivity contribution in [1.29, 1.82) is 0 Å². The molecule has 1 heterocycles. The van der Waals surface area contributed by atoms with Crippen molar-refractivity contribution in [1.82, 2.24) is 4.90 Å². The third kappa shape index (κ3) is 4.25. The minimum atomic E-state index is -0.127. The number of amides is 2. The molecule has 0 spiro atoms. The molecule has 0 radical (unpaired) electrons. The average Bonchev–Trinajstić information content (AvgIpc) is 2.58. The molecule has 4 nitrogen and oxygen atoms in total. The summed E-state index contributed by atoms with van der Waals surface area (Å²) in [6.07, 6.45) is -0.104. The lowest BCUT2D eigenvalue weighted by atomic mass is 10.1. The first-order valence-corrected chi connectivity index (χ1v) is 8.47. The van der Waals surface area contributed by atoms with Gasteiger partial charge in [-0.2, -0.15) is 0 Å². The van der Waals surface area contributed by atoms with Crippen molar-refractivity contribution in [2.75, 3.05) is 25.0 Å².